The van der Waals surface area contributed by atoms with Gasteiger partial charge in [0.15, 0.2) is 17.6 Å². The largest absolute Gasteiger partial charge is 0.445 e. The Labute approximate surface area is 625 Å². The minimum atomic E-state index is -0.658. The molecule has 5 aromatic heterocycles. The SMILES string of the molecule is CC(=O)n1ccnc1.CCC[C@H](COC)N(Cc1ccc(-n2cc3cc(-c4cc(CCC[C@H](C)NC(=O)OCc5ccccc5)cc(Cl)c4F)[nH]c3nc2=O)cc1)C(=O)OC(C)(C)C.COC[C@@H](CCN=C(N)N)NCc1ccc(-n2cc3cc(-c4cc(CCC[C@H](C)N)cc(Cl)c4F)[nH]c3nc2=O)cc1. The quantitative estimate of drug-likeness (QED) is 0.0162. The fraction of sp³-hybridized carbons (Fsp3) is 0.372. The second-order valence-electron chi connectivity index (χ2n) is 27.0. The summed E-state index contributed by atoms with van der Waals surface area (Å²) in [4.78, 5) is 86.2. The van der Waals surface area contributed by atoms with E-state index in [1.165, 1.54) is 27.0 Å². The van der Waals surface area contributed by atoms with Gasteiger partial charge in [-0.3, -0.25) is 28.4 Å². The molecule has 24 nitrogen and oxygen atoms in total. The van der Waals surface area contributed by atoms with Gasteiger partial charge in [0.1, 0.15) is 29.8 Å². The van der Waals surface area contributed by atoms with Gasteiger partial charge in [-0.15, -0.1) is 0 Å². The third-order valence-corrected chi connectivity index (χ3v) is 17.6. The highest BCUT2D eigenvalue weighted by molar-refractivity contribution is 6.31. The molecule has 0 aliphatic heterocycles. The van der Waals surface area contributed by atoms with E-state index in [1.807, 2.05) is 101 Å². The third-order valence-electron chi connectivity index (χ3n) is 17.0. The van der Waals surface area contributed by atoms with Crippen LogP contribution in [-0.4, -0.2) is 131 Å². The number of aliphatic imine (C=N–C) groups is 1. The number of aryl methyl sites for hydroxylation is 2. The van der Waals surface area contributed by atoms with Crippen molar-refractivity contribution < 1.29 is 42.1 Å². The van der Waals surface area contributed by atoms with E-state index in [-0.39, 0.29) is 58.2 Å². The summed E-state index contributed by atoms with van der Waals surface area (Å²) in [7, 11) is 3.26. The first-order valence-corrected chi connectivity index (χ1v) is 35.8. The number of carbonyl (C=O) groups is 3. The van der Waals surface area contributed by atoms with Crippen molar-refractivity contribution in [1.82, 2.24) is 54.2 Å². The van der Waals surface area contributed by atoms with E-state index in [0.29, 0.717) is 103 Å². The lowest BCUT2D eigenvalue weighted by molar-refractivity contribution is 0.00194. The monoisotopic (exact) mass is 1490 g/mol. The number of nitrogens with zero attached hydrogens (tertiary/aromatic N) is 8. The molecule has 564 valence electrons. The number of hydrogen-bond donors (Lipinski definition) is 7. The molecule has 0 saturated carbocycles. The number of alkyl carbamates (subject to hydrolysis) is 1. The lowest BCUT2D eigenvalue weighted by atomic mass is 10.0. The van der Waals surface area contributed by atoms with Crippen molar-refractivity contribution in [2.75, 3.05) is 34.0 Å². The predicted molar refractivity (Wildman–Crippen MR) is 412 cm³/mol. The molecule has 0 saturated heterocycles. The van der Waals surface area contributed by atoms with E-state index in [0.717, 1.165) is 66.3 Å². The number of aromatic nitrogens is 8. The van der Waals surface area contributed by atoms with Crippen LogP contribution in [0.5, 0.6) is 0 Å². The number of methoxy groups -OCH3 is 2. The Morgan fingerprint density at radius 3 is 1.74 bits per heavy atom. The molecule has 10 rings (SSSR count). The van der Waals surface area contributed by atoms with Crippen LogP contribution in [0.4, 0.5) is 18.4 Å². The summed E-state index contributed by atoms with van der Waals surface area (Å²) >= 11 is 12.6. The normalized spacial score (nSPS) is 12.5. The van der Waals surface area contributed by atoms with Gasteiger partial charge in [0.05, 0.1) is 52.1 Å². The molecular weight excluding hydrogens is 1400 g/mol. The second-order valence-corrected chi connectivity index (χ2v) is 27.8. The summed E-state index contributed by atoms with van der Waals surface area (Å²) in [6.45, 7) is 15.4. The van der Waals surface area contributed by atoms with Crippen molar-refractivity contribution in [2.24, 2.45) is 22.2 Å². The van der Waals surface area contributed by atoms with Gasteiger partial charge in [-0.1, -0.05) is 91.1 Å². The van der Waals surface area contributed by atoms with E-state index in [1.54, 1.807) is 92.4 Å². The Hall–Kier alpha value is -10.1. The van der Waals surface area contributed by atoms with E-state index in [2.05, 4.69) is 47.5 Å². The zero-order chi connectivity index (χ0) is 76.6. The van der Waals surface area contributed by atoms with Crippen LogP contribution >= 0.6 is 23.2 Å². The zero-order valence-corrected chi connectivity index (χ0v) is 62.8. The zero-order valence-electron chi connectivity index (χ0n) is 61.3. The number of aromatic amines is 2. The maximum absolute atomic E-state index is 15.5. The van der Waals surface area contributed by atoms with Crippen molar-refractivity contribution in [2.45, 2.75) is 156 Å². The van der Waals surface area contributed by atoms with Gasteiger partial charge in [-0.25, -0.2) is 32.9 Å². The number of H-pyrrole nitrogens is 2. The summed E-state index contributed by atoms with van der Waals surface area (Å²) in [5, 5.41) is 7.59. The molecule has 10 aromatic rings. The Balaban J connectivity index is 0.000000249. The first-order chi connectivity index (χ1) is 50.7. The molecule has 0 unspecified atom stereocenters. The maximum atomic E-state index is 15.5. The number of amides is 2. The van der Waals surface area contributed by atoms with Crippen LogP contribution in [0, 0.1) is 11.6 Å². The summed E-state index contributed by atoms with van der Waals surface area (Å²) in [5.74, 6) is -1.06. The van der Waals surface area contributed by atoms with E-state index in [9.17, 15) is 24.0 Å². The van der Waals surface area contributed by atoms with Crippen LogP contribution in [0.1, 0.15) is 126 Å². The van der Waals surface area contributed by atoms with Gasteiger partial charge in [0.25, 0.3) is 0 Å². The first kappa shape index (κ1) is 81.6. The van der Waals surface area contributed by atoms with Crippen molar-refractivity contribution >= 4 is 69.3 Å². The summed E-state index contributed by atoms with van der Waals surface area (Å²) < 4.78 is 56.6. The Bertz CT molecular complexity index is 4670. The van der Waals surface area contributed by atoms with E-state index >= 15 is 8.78 Å². The van der Waals surface area contributed by atoms with Crippen molar-refractivity contribution in [3.63, 3.8) is 0 Å². The number of halogens is 4. The Morgan fingerprint density at radius 1 is 0.708 bits per heavy atom. The summed E-state index contributed by atoms with van der Waals surface area (Å²) in [6.07, 6.45) is 13.9. The van der Waals surface area contributed by atoms with Gasteiger partial charge in [0, 0.05) is 106 Å². The first-order valence-electron chi connectivity index (χ1n) is 35.1. The topological polar surface area (TPSA) is 325 Å². The highest BCUT2D eigenvalue weighted by Gasteiger charge is 2.29. The number of carbonyl (C=O) groups excluding carboxylic acids is 3. The molecule has 0 bridgehead atoms. The molecule has 4 atom stereocenters. The standard InChI is InChI=1S/C43H51ClFN5O6.C30H38ClFN8O2.C5H6N2O/c1-7-12-34(27-54-6)50(42(53)56-43(3,4)5)24-29-17-19-33(20-18-29)49-25-32-23-37(47-39(32)48-40(49)51)35-21-31(22-36(44)38(35)45)16-11-13-28(2)46-41(52)55-26-30-14-9-8-10-15-30;1-18(33)4-3-5-20-12-24(27(32)25(31)13-20)26-14-21-16-40(30(41)39-28(21)38-26)23-8-6-19(7-9-23)15-37-22(17-42-2)10-11-36-29(34)35;1-5(8)7-3-2-6-4-7/h8-10,14-15,17-23,25,28,34H,7,11-13,16,24,26-27H2,1-6H3,(H,46,52)(H,47,48,51);6-9,12-14,16,18,22,37H,3-5,10-11,15,17,33H2,1-2H3,(H4,34,35,36)(H,38,39,41);2-4H,1H3/t28-,34+;18-,22+;/m00./s1. The molecule has 106 heavy (non-hydrogen) atoms. The molecule has 10 N–H and O–H groups in total. The molecule has 0 radical (unpaired) electrons. The smallest absolute Gasteiger partial charge is 0.410 e. The number of guanidine groups is 1. The number of nitrogens with one attached hydrogen (secondary N) is 4. The second kappa shape index (κ2) is 39.3. The van der Waals surface area contributed by atoms with Crippen molar-refractivity contribution in [1.29, 1.82) is 0 Å². The fourth-order valence-electron chi connectivity index (χ4n) is 11.7. The van der Waals surface area contributed by atoms with E-state index in [4.69, 9.17) is 59.4 Å². The molecule has 0 fully saturated rings. The molecule has 0 aliphatic rings. The molecular formula is C78H95Cl2F2N15O9. The third kappa shape index (κ3) is 24.2. The fourth-order valence-corrected chi connectivity index (χ4v) is 12.1. The number of benzene rings is 5. The number of nitrogens with two attached hydrogens (primary N) is 3. The molecule has 0 aliphatic carbocycles. The number of hydrogen-bond acceptors (Lipinski definition) is 15. The maximum Gasteiger partial charge on any atom is 0.410 e. The lowest BCUT2D eigenvalue weighted by Gasteiger charge is -2.33. The lowest BCUT2D eigenvalue weighted by Crippen LogP contribution is -2.45. The number of ether oxygens (including phenoxy) is 4. The van der Waals surface area contributed by atoms with Crippen LogP contribution in [0.25, 0.3) is 56.0 Å². The van der Waals surface area contributed by atoms with Gasteiger partial charge >= 0.3 is 23.6 Å². The van der Waals surface area contributed by atoms with Gasteiger partial charge < -0.3 is 56.7 Å². The summed E-state index contributed by atoms with van der Waals surface area (Å²) in [6, 6.07) is 34.5. The Kier molecular flexibility index (Phi) is 30.3. The van der Waals surface area contributed by atoms with Crippen LogP contribution in [-0.2, 0) is 51.5 Å². The molecule has 5 heterocycles. The van der Waals surface area contributed by atoms with Crippen LogP contribution in [0.2, 0.25) is 10.0 Å². The van der Waals surface area contributed by atoms with Crippen LogP contribution < -0.4 is 39.2 Å². The highest BCUT2D eigenvalue weighted by atomic mass is 35.5. The molecule has 5 aromatic carbocycles. The predicted octanol–water partition coefficient (Wildman–Crippen LogP) is 13.5. The van der Waals surface area contributed by atoms with Gasteiger partial charge in [0.2, 0.25) is 5.91 Å². The number of imidazole rings is 1. The van der Waals surface area contributed by atoms with Crippen LogP contribution in [0.15, 0.2) is 161 Å². The average Bonchev–Trinajstić information content (AvgIpc) is 1.63. The van der Waals surface area contributed by atoms with Crippen molar-refractivity contribution in [3.05, 3.63) is 217 Å². The van der Waals surface area contributed by atoms with Gasteiger partial charge in [-0.2, -0.15) is 9.97 Å². The minimum absolute atomic E-state index is 0.0116. The van der Waals surface area contributed by atoms with Crippen molar-refractivity contribution in [3.8, 4) is 33.9 Å². The highest BCUT2D eigenvalue weighted by Crippen LogP contribution is 2.34. The number of rotatable bonds is 30. The average molecular weight is 1500 g/mol. The molecule has 2 amide bonds. The Morgan fingerprint density at radius 2 is 1.25 bits per heavy atom. The van der Waals surface area contributed by atoms with Crippen LogP contribution in [0.3, 0.4) is 0 Å². The minimum Gasteiger partial charge on any atom is -0.445 e. The molecule has 0 spiro atoms. The number of fused-ring (bicyclic) bond motifs is 2. The molecule has 28 heteroatoms. The van der Waals surface area contributed by atoms with E-state index < -0.39 is 40.8 Å². The van der Waals surface area contributed by atoms with Gasteiger partial charge in [-0.05, 0) is 174 Å². The summed E-state index contributed by atoms with van der Waals surface area (Å²) in [5.41, 5.74) is 23.0.